The predicted molar refractivity (Wildman–Crippen MR) is 80.0 cm³/mol. The average molecular weight is 276 g/mol. The summed E-state index contributed by atoms with van der Waals surface area (Å²) >= 11 is 0. The fourth-order valence-electron chi connectivity index (χ4n) is 2.97. The molecule has 1 heterocycles. The van der Waals surface area contributed by atoms with Crippen LogP contribution in [0.15, 0.2) is 24.3 Å². The van der Waals surface area contributed by atoms with Gasteiger partial charge in [0.1, 0.15) is 0 Å². The second kappa shape index (κ2) is 6.37. The van der Waals surface area contributed by atoms with Crippen molar-refractivity contribution in [2.45, 2.75) is 39.4 Å². The van der Waals surface area contributed by atoms with Gasteiger partial charge < -0.3 is 5.11 Å². The molecule has 1 unspecified atom stereocenters. The summed E-state index contributed by atoms with van der Waals surface area (Å²) in [7, 11) is 0. The summed E-state index contributed by atoms with van der Waals surface area (Å²) in [6.45, 7) is 10.9. The van der Waals surface area contributed by atoms with Gasteiger partial charge in [0.25, 0.3) is 0 Å². The van der Waals surface area contributed by atoms with Gasteiger partial charge in [0.15, 0.2) is 0 Å². The molecule has 0 radical (unpaired) electrons. The first-order chi connectivity index (χ1) is 9.47. The average Bonchev–Trinajstić information content (AvgIpc) is 2.39. The highest BCUT2D eigenvalue weighted by Gasteiger charge is 2.25. The maximum atomic E-state index is 10.8. The van der Waals surface area contributed by atoms with Gasteiger partial charge in [0.2, 0.25) is 0 Å². The van der Waals surface area contributed by atoms with E-state index in [4.69, 9.17) is 5.11 Å². The first kappa shape index (κ1) is 15.0. The molecule has 0 amide bonds. The summed E-state index contributed by atoms with van der Waals surface area (Å²) < 4.78 is 0. The molecule has 0 aliphatic carbocycles. The molecule has 1 atom stereocenters. The molecule has 1 N–H and O–H groups in total. The molecule has 110 valence electrons. The highest BCUT2D eigenvalue weighted by Crippen LogP contribution is 2.15. The van der Waals surface area contributed by atoms with E-state index in [-0.39, 0.29) is 0 Å². The van der Waals surface area contributed by atoms with E-state index in [1.54, 1.807) is 12.1 Å². The molecule has 1 saturated heterocycles. The van der Waals surface area contributed by atoms with Crippen LogP contribution in [0.3, 0.4) is 0 Å². The Labute approximate surface area is 121 Å². The Hall–Kier alpha value is -1.39. The Morgan fingerprint density at radius 2 is 1.95 bits per heavy atom. The minimum atomic E-state index is -0.865. The van der Waals surface area contributed by atoms with Gasteiger partial charge in [0.05, 0.1) is 5.56 Å². The second-order valence-corrected chi connectivity index (χ2v) is 5.92. The number of carboxylic acids is 1. The maximum absolute atomic E-state index is 10.8. The van der Waals surface area contributed by atoms with Gasteiger partial charge in [-0.25, -0.2) is 4.79 Å². The van der Waals surface area contributed by atoms with E-state index in [0.717, 1.165) is 26.2 Å². The lowest BCUT2D eigenvalue weighted by Gasteiger charge is -2.42. The molecule has 1 aromatic carbocycles. The number of carbonyl (C=O) groups is 1. The molecule has 1 aromatic rings. The van der Waals surface area contributed by atoms with Gasteiger partial charge in [-0.1, -0.05) is 12.1 Å². The molecular formula is C16H24N2O2. The quantitative estimate of drug-likeness (QED) is 0.916. The standard InChI is InChI=1S/C16H24N2O2/c1-12(2)18-9-8-17(10-13(18)3)11-14-4-6-15(7-5-14)16(19)20/h4-7,12-13H,8-11H2,1-3H3,(H,19,20). The van der Waals surface area contributed by atoms with Crippen molar-refractivity contribution in [3.8, 4) is 0 Å². The molecule has 4 heteroatoms. The topological polar surface area (TPSA) is 43.8 Å². The number of hydrogen-bond acceptors (Lipinski definition) is 3. The summed E-state index contributed by atoms with van der Waals surface area (Å²) in [5, 5.41) is 8.90. The Morgan fingerprint density at radius 3 is 2.45 bits per heavy atom. The number of hydrogen-bond donors (Lipinski definition) is 1. The van der Waals surface area contributed by atoms with E-state index in [1.807, 2.05) is 12.1 Å². The molecule has 0 aromatic heterocycles. The van der Waals surface area contributed by atoms with Gasteiger partial charge >= 0.3 is 5.97 Å². The van der Waals surface area contributed by atoms with Gasteiger partial charge in [-0.05, 0) is 38.5 Å². The van der Waals surface area contributed by atoms with Gasteiger partial charge in [0, 0.05) is 38.3 Å². The lowest BCUT2D eigenvalue weighted by atomic mass is 10.1. The van der Waals surface area contributed by atoms with Crippen LogP contribution in [-0.2, 0) is 6.54 Å². The first-order valence-electron chi connectivity index (χ1n) is 7.27. The fourth-order valence-corrected chi connectivity index (χ4v) is 2.97. The molecule has 0 saturated carbocycles. The maximum Gasteiger partial charge on any atom is 0.335 e. The Balaban J connectivity index is 1.93. The van der Waals surface area contributed by atoms with Crippen LogP contribution in [0.4, 0.5) is 0 Å². The fraction of sp³-hybridized carbons (Fsp3) is 0.562. The number of nitrogens with zero attached hydrogens (tertiary/aromatic N) is 2. The highest BCUT2D eigenvalue weighted by atomic mass is 16.4. The molecule has 0 bridgehead atoms. The molecule has 1 aliphatic heterocycles. The lowest BCUT2D eigenvalue weighted by Crippen LogP contribution is -2.53. The number of aromatic carboxylic acids is 1. The van der Waals surface area contributed by atoms with E-state index in [1.165, 1.54) is 5.56 Å². The van der Waals surface area contributed by atoms with Crippen LogP contribution < -0.4 is 0 Å². The minimum absolute atomic E-state index is 0.353. The summed E-state index contributed by atoms with van der Waals surface area (Å²) in [5.74, 6) is -0.865. The predicted octanol–water partition coefficient (Wildman–Crippen LogP) is 2.30. The first-order valence-corrected chi connectivity index (χ1v) is 7.27. The van der Waals surface area contributed by atoms with Crippen LogP contribution in [0, 0.1) is 0 Å². The zero-order valence-electron chi connectivity index (χ0n) is 12.5. The SMILES string of the molecule is CC(C)N1CCN(Cc2ccc(C(=O)O)cc2)CC1C. The van der Waals surface area contributed by atoms with Crippen molar-refractivity contribution in [2.75, 3.05) is 19.6 Å². The molecule has 0 spiro atoms. The van der Waals surface area contributed by atoms with Crippen LogP contribution in [0.25, 0.3) is 0 Å². The van der Waals surface area contributed by atoms with Crippen molar-refractivity contribution in [1.29, 1.82) is 0 Å². The van der Waals surface area contributed by atoms with Crippen molar-refractivity contribution in [2.24, 2.45) is 0 Å². The van der Waals surface area contributed by atoms with Crippen molar-refractivity contribution in [3.05, 3.63) is 35.4 Å². The van der Waals surface area contributed by atoms with E-state index in [9.17, 15) is 4.79 Å². The van der Waals surface area contributed by atoms with Gasteiger partial charge in [-0.15, -0.1) is 0 Å². The summed E-state index contributed by atoms with van der Waals surface area (Å²) in [6.07, 6.45) is 0. The van der Waals surface area contributed by atoms with Crippen molar-refractivity contribution >= 4 is 5.97 Å². The molecule has 2 rings (SSSR count). The van der Waals surface area contributed by atoms with Crippen molar-refractivity contribution < 1.29 is 9.90 Å². The van der Waals surface area contributed by atoms with Gasteiger partial charge in [-0.2, -0.15) is 0 Å². The van der Waals surface area contributed by atoms with Crippen LogP contribution in [0.2, 0.25) is 0 Å². The number of piperazine rings is 1. The van der Waals surface area contributed by atoms with E-state index in [0.29, 0.717) is 17.6 Å². The second-order valence-electron chi connectivity index (χ2n) is 5.92. The van der Waals surface area contributed by atoms with Crippen molar-refractivity contribution in [3.63, 3.8) is 0 Å². The highest BCUT2D eigenvalue weighted by molar-refractivity contribution is 5.87. The van der Waals surface area contributed by atoms with Crippen LogP contribution in [0.1, 0.15) is 36.7 Å². The molecule has 1 fully saturated rings. The monoisotopic (exact) mass is 276 g/mol. The third-order valence-corrected chi connectivity index (χ3v) is 4.03. The lowest BCUT2D eigenvalue weighted by molar-refractivity contribution is 0.0564. The molecule has 1 aliphatic rings. The van der Waals surface area contributed by atoms with E-state index < -0.39 is 5.97 Å². The number of rotatable bonds is 4. The largest absolute Gasteiger partial charge is 0.478 e. The van der Waals surface area contributed by atoms with Crippen LogP contribution >= 0.6 is 0 Å². The molecular weight excluding hydrogens is 252 g/mol. The third-order valence-electron chi connectivity index (χ3n) is 4.03. The Morgan fingerprint density at radius 1 is 1.30 bits per heavy atom. The number of carboxylic acid groups (broad SMARTS) is 1. The summed E-state index contributed by atoms with van der Waals surface area (Å²) in [6, 6.07) is 8.38. The zero-order valence-corrected chi connectivity index (χ0v) is 12.5. The normalized spacial score (nSPS) is 21.3. The number of benzene rings is 1. The van der Waals surface area contributed by atoms with Crippen LogP contribution in [0.5, 0.6) is 0 Å². The van der Waals surface area contributed by atoms with Gasteiger partial charge in [-0.3, -0.25) is 9.80 Å². The Bertz CT molecular complexity index is 456. The zero-order chi connectivity index (χ0) is 14.7. The molecule has 20 heavy (non-hydrogen) atoms. The van der Waals surface area contributed by atoms with E-state index in [2.05, 4.69) is 30.6 Å². The van der Waals surface area contributed by atoms with E-state index >= 15 is 0 Å². The summed E-state index contributed by atoms with van der Waals surface area (Å²) in [4.78, 5) is 15.8. The Kier molecular flexibility index (Phi) is 4.78. The van der Waals surface area contributed by atoms with Crippen molar-refractivity contribution in [1.82, 2.24) is 9.80 Å². The molecule has 4 nitrogen and oxygen atoms in total. The third kappa shape index (κ3) is 3.58. The summed E-state index contributed by atoms with van der Waals surface area (Å²) in [5.41, 5.74) is 1.53. The smallest absolute Gasteiger partial charge is 0.335 e. The van der Waals surface area contributed by atoms with Crippen LogP contribution in [-0.4, -0.2) is 52.6 Å². The minimum Gasteiger partial charge on any atom is -0.478 e.